The van der Waals surface area contributed by atoms with Crippen LogP contribution >= 0.6 is 11.3 Å². The van der Waals surface area contributed by atoms with Crippen molar-refractivity contribution in [2.24, 2.45) is 0 Å². The SMILES string of the molecule is O=c1[nH]c(Cc2cccs2)nc(O)c1-c1ccc(F)cc1. The maximum Gasteiger partial charge on any atom is 0.262 e. The average molecular weight is 302 g/mol. The van der Waals surface area contributed by atoms with Crippen molar-refractivity contribution >= 4 is 11.3 Å². The van der Waals surface area contributed by atoms with Crippen LogP contribution in [0.3, 0.4) is 0 Å². The number of halogens is 1. The summed E-state index contributed by atoms with van der Waals surface area (Å²) in [7, 11) is 0. The number of rotatable bonds is 3. The monoisotopic (exact) mass is 302 g/mol. The van der Waals surface area contributed by atoms with Crippen molar-refractivity contribution < 1.29 is 9.50 Å². The van der Waals surface area contributed by atoms with Crippen LogP contribution in [0.1, 0.15) is 10.7 Å². The molecule has 0 saturated carbocycles. The van der Waals surface area contributed by atoms with Crippen molar-refractivity contribution in [2.75, 3.05) is 0 Å². The van der Waals surface area contributed by atoms with Gasteiger partial charge in [0.15, 0.2) is 0 Å². The highest BCUT2D eigenvalue weighted by Gasteiger charge is 2.13. The fourth-order valence-electron chi connectivity index (χ4n) is 2.05. The second-order valence-electron chi connectivity index (χ2n) is 4.47. The number of hydrogen-bond donors (Lipinski definition) is 2. The number of aromatic hydroxyl groups is 1. The van der Waals surface area contributed by atoms with E-state index in [1.807, 2.05) is 17.5 Å². The van der Waals surface area contributed by atoms with E-state index >= 15 is 0 Å². The van der Waals surface area contributed by atoms with Crippen molar-refractivity contribution in [3.63, 3.8) is 0 Å². The fourth-order valence-corrected chi connectivity index (χ4v) is 2.75. The van der Waals surface area contributed by atoms with Crippen LogP contribution in [0.25, 0.3) is 11.1 Å². The standard InChI is InChI=1S/C15H11FN2O2S/c16-10-5-3-9(4-6-10)13-14(19)17-12(18-15(13)20)8-11-2-1-7-21-11/h1-7H,8H2,(H2,17,18,19,20). The minimum atomic E-state index is -0.444. The van der Waals surface area contributed by atoms with Gasteiger partial charge in [-0.3, -0.25) is 4.79 Å². The Hall–Kier alpha value is -2.47. The quantitative estimate of drug-likeness (QED) is 0.782. The average Bonchev–Trinajstić information content (AvgIpc) is 2.93. The molecule has 21 heavy (non-hydrogen) atoms. The molecular weight excluding hydrogens is 291 g/mol. The van der Waals surface area contributed by atoms with E-state index in [1.165, 1.54) is 24.3 Å². The number of hydrogen-bond acceptors (Lipinski definition) is 4. The molecule has 0 aliphatic rings. The molecule has 0 atom stereocenters. The summed E-state index contributed by atoms with van der Waals surface area (Å²) < 4.78 is 12.9. The summed E-state index contributed by atoms with van der Waals surface area (Å²) in [6.07, 6.45) is 0.449. The van der Waals surface area contributed by atoms with Gasteiger partial charge in [0.25, 0.3) is 5.56 Å². The number of aromatic nitrogens is 2. The van der Waals surface area contributed by atoms with Crippen molar-refractivity contribution in [1.29, 1.82) is 0 Å². The van der Waals surface area contributed by atoms with Gasteiger partial charge in [-0.15, -0.1) is 11.3 Å². The molecule has 0 aliphatic heterocycles. The predicted octanol–water partition coefficient (Wildman–Crippen LogP) is 2.93. The highest BCUT2D eigenvalue weighted by Crippen LogP contribution is 2.24. The van der Waals surface area contributed by atoms with E-state index in [-0.39, 0.29) is 11.4 Å². The molecule has 2 aromatic heterocycles. The third-order valence-electron chi connectivity index (χ3n) is 3.00. The zero-order chi connectivity index (χ0) is 14.8. The van der Waals surface area contributed by atoms with Crippen LogP contribution < -0.4 is 5.56 Å². The third kappa shape index (κ3) is 2.85. The van der Waals surface area contributed by atoms with Gasteiger partial charge in [0.2, 0.25) is 5.88 Å². The fraction of sp³-hybridized carbons (Fsp3) is 0.0667. The lowest BCUT2D eigenvalue weighted by molar-refractivity contribution is 0.450. The summed E-state index contributed by atoms with van der Waals surface area (Å²) in [5, 5.41) is 11.9. The predicted molar refractivity (Wildman–Crippen MR) is 79.0 cm³/mol. The van der Waals surface area contributed by atoms with Crippen LogP contribution in [-0.2, 0) is 6.42 Å². The lowest BCUT2D eigenvalue weighted by Crippen LogP contribution is -2.14. The summed E-state index contributed by atoms with van der Waals surface area (Å²) in [6.45, 7) is 0. The number of H-pyrrole nitrogens is 1. The molecule has 0 saturated heterocycles. The number of aromatic amines is 1. The van der Waals surface area contributed by atoms with Crippen LogP contribution in [-0.4, -0.2) is 15.1 Å². The van der Waals surface area contributed by atoms with Gasteiger partial charge in [0.05, 0.1) is 0 Å². The van der Waals surface area contributed by atoms with Gasteiger partial charge >= 0.3 is 0 Å². The minimum Gasteiger partial charge on any atom is -0.493 e. The van der Waals surface area contributed by atoms with Crippen molar-refractivity contribution in [3.05, 3.63) is 68.7 Å². The number of thiophene rings is 1. The second-order valence-corrected chi connectivity index (χ2v) is 5.51. The van der Waals surface area contributed by atoms with Crippen LogP contribution in [0.15, 0.2) is 46.6 Å². The van der Waals surface area contributed by atoms with Crippen molar-refractivity contribution in [2.45, 2.75) is 6.42 Å². The molecule has 3 rings (SSSR count). The Labute approximate surface area is 123 Å². The van der Waals surface area contributed by atoms with Crippen LogP contribution in [0, 0.1) is 5.82 Å². The Balaban J connectivity index is 2.00. The summed E-state index contributed by atoms with van der Waals surface area (Å²) in [5.74, 6) is -0.361. The van der Waals surface area contributed by atoms with E-state index in [0.29, 0.717) is 17.8 Å². The van der Waals surface area contributed by atoms with Crippen LogP contribution in [0.4, 0.5) is 4.39 Å². The van der Waals surface area contributed by atoms with E-state index in [2.05, 4.69) is 9.97 Å². The molecule has 4 nitrogen and oxygen atoms in total. The molecule has 2 N–H and O–H groups in total. The number of nitrogens with one attached hydrogen (secondary N) is 1. The van der Waals surface area contributed by atoms with Gasteiger partial charge in [-0.25, -0.2) is 4.39 Å². The number of benzene rings is 1. The molecule has 2 heterocycles. The van der Waals surface area contributed by atoms with Gasteiger partial charge in [-0.05, 0) is 29.1 Å². The lowest BCUT2D eigenvalue weighted by Gasteiger charge is -2.05. The molecule has 0 fully saturated rings. The topological polar surface area (TPSA) is 66.0 Å². The molecule has 0 bridgehead atoms. The van der Waals surface area contributed by atoms with Gasteiger partial charge in [-0.1, -0.05) is 18.2 Å². The molecule has 0 unspecified atom stereocenters. The highest BCUT2D eigenvalue weighted by atomic mass is 32.1. The van der Waals surface area contributed by atoms with Crippen LogP contribution in [0.5, 0.6) is 5.88 Å². The summed E-state index contributed by atoms with van der Waals surface area (Å²) in [6, 6.07) is 9.16. The van der Waals surface area contributed by atoms with Gasteiger partial charge < -0.3 is 10.1 Å². The first-order valence-corrected chi connectivity index (χ1v) is 7.12. The Morgan fingerprint density at radius 1 is 1.24 bits per heavy atom. The molecule has 6 heteroatoms. The summed E-state index contributed by atoms with van der Waals surface area (Å²) >= 11 is 1.55. The molecule has 0 amide bonds. The van der Waals surface area contributed by atoms with E-state index < -0.39 is 11.4 Å². The van der Waals surface area contributed by atoms with E-state index in [1.54, 1.807) is 11.3 Å². The first-order valence-electron chi connectivity index (χ1n) is 6.24. The van der Waals surface area contributed by atoms with Crippen molar-refractivity contribution in [1.82, 2.24) is 9.97 Å². The summed E-state index contributed by atoms with van der Waals surface area (Å²) in [4.78, 5) is 19.8. The van der Waals surface area contributed by atoms with Crippen molar-refractivity contribution in [3.8, 4) is 17.0 Å². The Kier molecular flexibility index (Phi) is 3.53. The first-order chi connectivity index (χ1) is 10.1. The molecule has 1 aromatic carbocycles. The normalized spacial score (nSPS) is 10.7. The Bertz CT molecular complexity index is 811. The lowest BCUT2D eigenvalue weighted by atomic mass is 10.1. The second kappa shape index (κ2) is 5.49. The molecule has 3 aromatic rings. The largest absolute Gasteiger partial charge is 0.493 e. The molecule has 0 radical (unpaired) electrons. The van der Waals surface area contributed by atoms with E-state index in [0.717, 1.165) is 4.88 Å². The smallest absolute Gasteiger partial charge is 0.262 e. The molecule has 106 valence electrons. The third-order valence-corrected chi connectivity index (χ3v) is 3.88. The van der Waals surface area contributed by atoms with Crippen LogP contribution in [0.2, 0.25) is 0 Å². The Morgan fingerprint density at radius 2 is 2.00 bits per heavy atom. The minimum absolute atomic E-state index is 0.0462. The van der Waals surface area contributed by atoms with E-state index in [9.17, 15) is 14.3 Å². The van der Waals surface area contributed by atoms with E-state index in [4.69, 9.17) is 0 Å². The van der Waals surface area contributed by atoms with Gasteiger partial charge in [0.1, 0.15) is 17.2 Å². The molecular formula is C15H11FN2O2S. The van der Waals surface area contributed by atoms with Gasteiger partial charge in [-0.2, -0.15) is 4.98 Å². The highest BCUT2D eigenvalue weighted by molar-refractivity contribution is 7.09. The number of nitrogens with zero attached hydrogens (tertiary/aromatic N) is 1. The molecule has 0 spiro atoms. The van der Waals surface area contributed by atoms with Gasteiger partial charge in [0, 0.05) is 11.3 Å². The zero-order valence-corrected chi connectivity index (χ0v) is 11.7. The maximum absolute atomic E-state index is 12.9. The summed E-state index contributed by atoms with van der Waals surface area (Å²) in [5.41, 5.74) is 0.0240. The zero-order valence-electron chi connectivity index (χ0n) is 10.8. The first kappa shape index (κ1) is 13.5. The Morgan fingerprint density at radius 3 is 2.62 bits per heavy atom. The maximum atomic E-state index is 12.9. The molecule has 0 aliphatic carbocycles.